The standard InChI is InChI=1S/C47H29N3S/c1-2-11-33(12-3-1)45-48-46(34-23-20-31(21-24-34)36-26-27-40-39-16-6-7-19-42(39)51-43(40)29-36)50-47(49-45)41-18-9-15-32-14-8-17-38(44(32)41)37-25-22-30-10-4-5-13-35(30)28-37/h1-29H. The van der Waals surface area contributed by atoms with Crippen molar-refractivity contribution >= 4 is 53.1 Å². The van der Waals surface area contributed by atoms with E-state index in [9.17, 15) is 0 Å². The molecule has 0 saturated heterocycles. The zero-order valence-electron chi connectivity index (χ0n) is 27.5. The van der Waals surface area contributed by atoms with Gasteiger partial charge in [0.15, 0.2) is 17.5 Å². The maximum absolute atomic E-state index is 5.18. The highest BCUT2D eigenvalue weighted by atomic mass is 32.1. The first-order valence-corrected chi connectivity index (χ1v) is 17.9. The van der Waals surface area contributed by atoms with Crippen LogP contribution in [0.4, 0.5) is 0 Å². The Morgan fingerprint density at radius 2 is 0.902 bits per heavy atom. The normalized spacial score (nSPS) is 11.5. The van der Waals surface area contributed by atoms with Gasteiger partial charge >= 0.3 is 0 Å². The van der Waals surface area contributed by atoms with Crippen LogP contribution in [-0.4, -0.2) is 15.0 Å². The number of hydrogen-bond donors (Lipinski definition) is 0. The molecule has 10 rings (SSSR count). The van der Waals surface area contributed by atoms with Gasteiger partial charge in [0.05, 0.1) is 0 Å². The van der Waals surface area contributed by atoms with Crippen LogP contribution in [0.1, 0.15) is 0 Å². The summed E-state index contributed by atoms with van der Waals surface area (Å²) in [6, 6.07) is 62.2. The molecular formula is C47H29N3S. The summed E-state index contributed by atoms with van der Waals surface area (Å²) >= 11 is 1.84. The molecule has 0 radical (unpaired) electrons. The predicted molar refractivity (Wildman–Crippen MR) is 215 cm³/mol. The van der Waals surface area contributed by atoms with E-state index in [1.54, 1.807) is 0 Å². The smallest absolute Gasteiger partial charge is 0.164 e. The molecule has 0 bridgehead atoms. The molecule has 0 unspecified atom stereocenters. The summed E-state index contributed by atoms with van der Waals surface area (Å²) in [4.78, 5) is 15.3. The van der Waals surface area contributed by atoms with E-state index in [1.807, 2.05) is 29.5 Å². The Morgan fingerprint density at radius 1 is 0.314 bits per heavy atom. The molecule has 0 amide bonds. The highest BCUT2D eigenvalue weighted by Gasteiger charge is 2.17. The summed E-state index contributed by atoms with van der Waals surface area (Å²) in [7, 11) is 0. The van der Waals surface area contributed by atoms with Gasteiger partial charge in [-0.1, -0.05) is 158 Å². The van der Waals surface area contributed by atoms with Crippen molar-refractivity contribution in [2.24, 2.45) is 0 Å². The van der Waals surface area contributed by atoms with E-state index in [0.29, 0.717) is 17.5 Å². The van der Waals surface area contributed by atoms with Gasteiger partial charge in [0, 0.05) is 42.2 Å². The average molecular weight is 668 g/mol. The van der Waals surface area contributed by atoms with Crippen LogP contribution in [0.15, 0.2) is 176 Å². The van der Waals surface area contributed by atoms with Gasteiger partial charge in [-0.3, -0.25) is 0 Å². The van der Waals surface area contributed by atoms with Gasteiger partial charge in [-0.2, -0.15) is 0 Å². The summed E-state index contributed by atoms with van der Waals surface area (Å²) in [6.07, 6.45) is 0. The molecule has 2 heterocycles. The van der Waals surface area contributed by atoms with Crippen LogP contribution in [0.3, 0.4) is 0 Å². The predicted octanol–water partition coefficient (Wildman–Crippen LogP) is 12.9. The van der Waals surface area contributed by atoms with Crippen molar-refractivity contribution in [2.75, 3.05) is 0 Å². The molecular weight excluding hydrogens is 639 g/mol. The fourth-order valence-corrected chi connectivity index (χ4v) is 8.33. The third-order valence-corrected chi connectivity index (χ3v) is 10.9. The average Bonchev–Trinajstić information content (AvgIpc) is 3.58. The topological polar surface area (TPSA) is 38.7 Å². The second kappa shape index (κ2) is 12.1. The molecule has 0 aliphatic heterocycles. The van der Waals surface area contributed by atoms with Crippen LogP contribution in [0, 0.1) is 0 Å². The first-order valence-electron chi connectivity index (χ1n) is 17.1. The number of rotatable bonds is 5. The molecule has 51 heavy (non-hydrogen) atoms. The van der Waals surface area contributed by atoms with Crippen LogP contribution >= 0.6 is 11.3 Å². The molecule has 0 spiro atoms. The number of hydrogen-bond acceptors (Lipinski definition) is 4. The van der Waals surface area contributed by atoms with E-state index >= 15 is 0 Å². The summed E-state index contributed by atoms with van der Waals surface area (Å²) in [5.41, 5.74) is 7.53. The van der Waals surface area contributed by atoms with E-state index in [4.69, 9.17) is 15.0 Å². The highest BCUT2D eigenvalue weighted by molar-refractivity contribution is 7.25. The number of thiophene rings is 1. The maximum Gasteiger partial charge on any atom is 0.164 e. The first-order chi connectivity index (χ1) is 25.2. The second-order valence-corrected chi connectivity index (χ2v) is 13.9. The lowest BCUT2D eigenvalue weighted by Crippen LogP contribution is -2.01. The molecule has 238 valence electrons. The number of nitrogens with zero attached hydrogens (tertiary/aromatic N) is 3. The van der Waals surface area contributed by atoms with Crippen LogP contribution in [-0.2, 0) is 0 Å². The van der Waals surface area contributed by atoms with Crippen molar-refractivity contribution in [1.29, 1.82) is 0 Å². The Balaban J connectivity index is 1.11. The Morgan fingerprint density at radius 3 is 1.73 bits per heavy atom. The largest absolute Gasteiger partial charge is 0.208 e. The lowest BCUT2D eigenvalue weighted by atomic mass is 9.93. The minimum absolute atomic E-state index is 0.644. The minimum atomic E-state index is 0.644. The van der Waals surface area contributed by atoms with Gasteiger partial charge in [0.25, 0.3) is 0 Å². The third-order valence-electron chi connectivity index (χ3n) is 9.73. The molecule has 4 heteroatoms. The zero-order valence-corrected chi connectivity index (χ0v) is 28.3. The summed E-state index contributed by atoms with van der Waals surface area (Å²) in [6.45, 7) is 0. The van der Waals surface area contributed by atoms with E-state index in [0.717, 1.165) is 44.2 Å². The van der Waals surface area contributed by atoms with Gasteiger partial charge in [0.1, 0.15) is 0 Å². The lowest BCUT2D eigenvalue weighted by molar-refractivity contribution is 1.08. The lowest BCUT2D eigenvalue weighted by Gasteiger charge is -2.14. The van der Waals surface area contributed by atoms with Crippen molar-refractivity contribution in [3.8, 4) is 56.4 Å². The zero-order chi connectivity index (χ0) is 33.7. The fourth-order valence-electron chi connectivity index (χ4n) is 7.18. The van der Waals surface area contributed by atoms with E-state index in [2.05, 4.69) is 158 Å². The van der Waals surface area contributed by atoms with Crippen molar-refractivity contribution < 1.29 is 0 Å². The molecule has 0 aliphatic rings. The van der Waals surface area contributed by atoms with Crippen molar-refractivity contribution in [3.05, 3.63) is 176 Å². The summed E-state index contributed by atoms with van der Waals surface area (Å²) in [5.74, 6) is 1.94. The molecule has 8 aromatic carbocycles. The van der Waals surface area contributed by atoms with E-state index in [1.165, 1.54) is 36.5 Å². The molecule has 10 aromatic rings. The van der Waals surface area contributed by atoms with Gasteiger partial charge in [-0.15, -0.1) is 11.3 Å². The quantitative estimate of drug-likeness (QED) is 0.183. The van der Waals surface area contributed by atoms with Crippen molar-refractivity contribution in [2.45, 2.75) is 0 Å². The first kappa shape index (κ1) is 29.4. The monoisotopic (exact) mass is 667 g/mol. The Bertz CT molecular complexity index is 2900. The Labute approximate surface area is 299 Å². The molecule has 0 saturated carbocycles. The molecule has 2 aromatic heterocycles. The summed E-state index contributed by atoms with van der Waals surface area (Å²) in [5, 5.41) is 7.32. The van der Waals surface area contributed by atoms with Crippen LogP contribution < -0.4 is 0 Å². The molecule has 0 aliphatic carbocycles. The van der Waals surface area contributed by atoms with Gasteiger partial charge in [-0.05, 0) is 56.6 Å². The van der Waals surface area contributed by atoms with Gasteiger partial charge in [0.2, 0.25) is 0 Å². The number of benzene rings is 8. The number of aromatic nitrogens is 3. The number of fused-ring (bicyclic) bond motifs is 5. The SMILES string of the molecule is c1ccc(-c2nc(-c3ccc(-c4ccc5c(c4)sc4ccccc45)cc3)nc(-c3cccc4cccc(-c5ccc6ccccc6c5)c34)n2)cc1. The van der Waals surface area contributed by atoms with Crippen molar-refractivity contribution in [1.82, 2.24) is 15.0 Å². The van der Waals surface area contributed by atoms with Gasteiger partial charge < -0.3 is 0 Å². The minimum Gasteiger partial charge on any atom is -0.208 e. The molecule has 0 N–H and O–H groups in total. The van der Waals surface area contributed by atoms with Crippen LogP contribution in [0.25, 0.3) is 98.1 Å². The Hall–Kier alpha value is -6.49. The van der Waals surface area contributed by atoms with Crippen LogP contribution in [0.5, 0.6) is 0 Å². The highest BCUT2D eigenvalue weighted by Crippen LogP contribution is 2.39. The van der Waals surface area contributed by atoms with Gasteiger partial charge in [-0.25, -0.2) is 15.0 Å². The molecule has 0 fully saturated rings. The van der Waals surface area contributed by atoms with Crippen molar-refractivity contribution in [3.63, 3.8) is 0 Å². The third kappa shape index (κ3) is 5.25. The molecule has 3 nitrogen and oxygen atoms in total. The molecule has 0 atom stereocenters. The summed E-state index contributed by atoms with van der Waals surface area (Å²) < 4.78 is 2.61. The van der Waals surface area contributed by atoms with Crippen LogP contribution in [0.2, 0.25) is 0 Å². The van der Waals surface area contributed by atoms with E-state index < -0.39 is 0 Å². The fraction of sp³-hybridized carbons (Fsp3) is 0. The second-order valence-electron chi connectivity index (χ2n) is 12.8. The maximum atomic E-state index is 5.18. The Kier molecular flexibility index (Phi) is 7.00. The van der Waals surface area contributed by atoms with E-state index in [-0.39, 0.29) is 0 Å².